The summed E-state index contributed by atoms with van der Waals surface area (Å²) in [7, 11) is 3.16. The van der Waals surface area contributed by atoms with E-state index in [1.807, 2.05) is 0 Å². The molecule has 0 saturated heterocycles. The van der Waals surface area contributed by atoms with E-state index in [9.17, 15) is 4.79 Å². The van der Waals surface area contributed by atoms with Gasteiger partial charge in [0, 0.05) is 31.3 Å². The van der Waals surface area contributed by atoms with Gasteiger partial charge in [0.05, 0.1) is 13.7 Å². The molecule has 0 fully saturated rings. The molecule has 20 heavy (non-hydrogen) atoms. The number of carbonyl (C=O) groups excluding carboxylic acids is 1. The zero-order chi connectivity index (χ0) is 15.0. The normalized spacial score (nSPS) is 11.8. The molecule has 1 aromatic carbocycles. The van der Waals surface area contributed by atoms with Gasteiger partial charge in [0.2, 0.25) is 5.91 Å². The standard InChI is InChI=1S/C14H22N2O4/c1-10(15)8-14(17)16-11-4-5-12(19-3)13(9-11)20-7-6-18-2/h4-5,9-10H,6-8,15H2,1-3H3,(H,16,17). The number of rotatable bonds is 8. The third-order valence-electron chi connectivity index (χ3n) is 2.50. The summed E-state index contributed by atoms with van der Waals surface area (Å²) < 4.78 is 15.7. The first kappa shape index (κ1) is 16.3. The second-order valence-corrected chi connectivity index (χ2v) is 4.44. The molecule has 1 amide bonds. The van der Waals surface area contributed by atoms with Crippen LogP contribution >= 0.6 is 0 Å². The van der Waals surface area contributed by atoms with Gasteiger partial charge in [0.25, 0.3) is 0 Å². The Labute approximate surface area is 119 Å². The number of nitrogens with one attached hydrogen (secondary N) is 1. The van der Waals surface area contributed by atoms with Crippen LogP contribution in [-0.4, -0.2) is 39.4 Å². The van der Waals surface area contributed by atoms with E-state index < -0.39 is 0 Å². The molecule has 0 aliphatic rings. The van der Waals surface area contributed by atoms with Gasteiger partial charge in [-0.3, -0.25) is 4.79 Å². The highest BCUT2D eigenvalue weighted by atomic mass is 16.5. The van der Waals surface area contributed by atoms with Gasteiger partial charge in [-0.15, -0.1) is 0 Å². The van der Waals surface area contributed by atoms with Gasteiger partial charge in [-0.2, -0.15) is 0 Å². The summed E-state index contributed by atoms with van der Waals surface area (Å²) >= 11 is 0. The van der Waals surface area contributed by atoms with Crippen LogP contribution in [0.25, 0.3) is 0 Å². The average Bonchev–Trinajstić information content (AvgIpc) is 2.38. The van der Waals surface area contributed by atoms with Crippen LogP contribution in [0.2, 0.25) is 0 Å². The van der Waals surface area contributed by atoms with Gasteiger partial charge in [0.1, 0.15) is 6.61 Å². The SMILES string of the molecule is COCCOc1cc(NC(=O)CC(C)N)ccc1OC. The molecule has 1 aromatic rings. The van der Waals surface area contributed by atoms with Crippen molar-refractivity contribution < 1.29 is 19.0 Å². The molecule has 1 unspecified atom stereocenters. The van der Waals surface area contributed by atoms with E-state index in [2.05, 4.69) is 5.32 Å². The highest BCUT2D eigenvalue weighted by Crippen LogP contribution is 2.30. The molecule has 0 heterocycles. The van der Waals surface area contributed by atoms with Crippen LogP contribution < -0.4 is 20.5 Å². The van der Waals surface area contributed by atoms with Crippen LogP contribution in [0, 0.1) is 0 Å². The molecule has 0 bridgehead atoms. The fourth-order valence-electron chi connectivity index (χ4n) is 1.61. The summed E-state index contributed by atoms with van der Waals surface area (Å²) in [5, 5.41) is 2.77. The van der Waals surface area contributed by atoms with Crippen molar-refractivity contribution in [2.45, 2.75) is 19.4 Å². The van der Waals surface area contributed by atoms with E-state index >= 15 is 0 Å². The molecule has 0 aromatic heterocycles. The second kappa shape index (κ2) is 8.39. The maximum Gasteiger partial charge on any atom is 0.225 e. The van der Waals surface area contributed by atoms with E-state index in [1.54, 1.807) is 39.3 Å². The minimum atomic E-state index is -0.175. The van der Waals surface area contributed by atoms with Crippen LogP contribution in [-0.2, 0) is 9.53 Å². The number of hydrogen-bond acceptors (Lipinski definition) is 5. The van der Waals surface area contributed by atoms with Crippen LogP contribution in [0.1, 0.15) is 13.3 Å². The molecule has 1 atom stereocenters. The fourth-order valence-corrected chi connectivity index (χ4v) is 1.61. The number of methoxy groups -OCH3 is 2. The number of carbonyl (C=O) groups is 1. The molecule has 6 nitrogen and oxygen atoms in total. The molecule has 1 rings (SSSR count). The molecule has 112 valence electrons. The number of amides is 1. The molecule has 0 spiro atoms. The molecule has 6 heteroatoms. The Morgan fingerprint density at radius 2 is 2.05 bits per heavy atom. The lowest BCUT2D eigenvalue weighted by atomic mass is 10.2. The van der Waals surface area contributed by atoms with Gasteiger partial charge in [-0.25, -0.2) is 0 Å². The lowest BCUT2D eigenvalue weighted by molar-refractivity contribution is -0.116. The zero-order valence-electron chi connectivity index (χ0n) is 12.1. The van der Waals surface area contributed by atoms with Crippen molar-refractivity contribution in [3.63, 3.8) is 0 Å². The Morgan fingerprint density at radius 3 is 2.65 bits per heavy atom. The summed E-state index contributed by atoms with van der Waals surface area (Å²) in [5.41, 5.74) is 6.23. The number of hydrogen-bond donors (Lipinski definition) is 2. The summed E-state index contributed by atoms with van der Waals surface area (Å²) in [4.78, 5) is 11.7. The lowest BCUT2D eigenvalue weighted by Gasteiger charge is -2.13. The Bertz CT molecular complexity index is 435. The maximum absolute atomic E-state index is 11.7. The number of ether oxygens (including phenoxy) is 3. The van der Waals surface area contributed by atoms with Crippen molar-refractivity contribution >= 4 is 11.6 Å². The first-order valence-electron chi connectivity index (χ1n) is 6.42. The zero-order valence-corrected chi connectivity index (χ0v) is 12.1. The highest BCUT2D eigenvalue weighted by molar-refractivity contribution is 5.91. The highest BCUT2D eigenvalue weighted by Gasteiger charge is 2.09. The van der Waals surface area contributed by atoms with Gasteiger partial charge in [-0.1, -0.05) is 0 Å². The van der Waals surface area contributed by atoms with E-state index in [1.165, 1.54) is 0 Å². The summed E-state index contributed by atoms with van der Waals surface area (Å²) in [6, 6.07) is 5.03. The first-order chi connectivity index (χ1) is 9.56. The van der Waals surface area contributed by atoms with E-state index in [0.717, 1.165) is 0 Å². The molecule has 0 aliphatic carbocycles. The Hall–Kier alpha value is -1.79. The van der Waals surface area contributed by atoms with Crippen molar-refractivity contribution in [3.05, 3.63) is 18.2 Å². The number of nitrogens with two attached hydrogens (primary N) is 1. The molecule has 0 saturated carbocycles. The van der Waals surface area contributed by atoms with Crippen LogP contribution in [0.3, 0.4) is 0 Å². The summed E-state index contributed by atoms with van der Waals surface area (Å²) in [6.45, 7) is 2.67. The Morgan fingerprint density at radius 1 is 1.30 bits per heavy atom. The first-order valence-corrected chi connectivity index (χ1v) is 6.42. The Kier molecular flexibility index (Phi) is 6.83. The van der Waals surface area contributed by atoms with Gasteiger partial charge in [-0.05, 0) is 19.1 Å². The van der Waals surface area contributed by atoms with Crippen molar-refractivity contribution in [3.8, 4) is 11.5 Å². The third kappa shape index (κ3) is 5.46. The predicted octanol–water partition coefficient (Wildman–Crippen LogP) is 1.40. The minimum Gasteiger partial charge on any atom is -0.493 e. The number of benzene rings is 1. The van der Waals surface area contributed by atoms with E-state index in [0.29, 0.717) is 30.4 Å². The lowest BCUT2D eigenvalue weighted by Crippen LogP contribution is -2.24. The summed E-state index contributed by atoms with van der Waals surface area (Å²) in [6.07, 6.45) is 0.270. The minimum absolute atomic E-state index is 0.131. The van der Waals surface area contributed by atoms with Crippen molar-refractivity contribution in [1.82, 2.24) is 0 Å². The topological polar surface area (TPSA) is 82.8 Å². The average molecular weight is 282 g/mol. The van der Waals surface area contributed by atoms with Crippen molar-refractivity contribution in [1.29, 1.82) is 0 Å². The second-order valence-electron chi connectivity index (χ2n) is 4.44. The smallest absolute Gasteiger partial charge is 0.225 e. The Balaban J connectivity index is 2.72. The van der Waals surface area contributed by atoms with Gasteiger partial charge >= 0.3 is 0 Å². The van der Waals surface area contributed by atoms with Crippen molar-refractivity contribution in [2.75, 3.05) is 32.8 Å². The van der Waals surface area contributed by atoms with Gasteiger partial charge < -0.3 is 25.3 Å². The molecular formula is C14H22N2O4. The molecule has 0 radical (unpaired) electrons. The van der Waals surface area contributed by atoms with Crippen molar-refractivity contribution in [2.24, 2.45) is 5.73 Å². The van der Waals surface area contributed by atoms with Gasteiger partial charge in [0.15, 0.2) is 11.5 Å². The molecular weight excluding hydrogens is 260 g/mol. The summed E-state index contributed by atoms with van der Waals surface area (Å²) in [5.74, 6) is 1.03. The predicted molar refractivity (Wildman–Crippen MR) is 77.3 cm³/mol. The fraction of sp³-hybridized carbons (Fsp3) is 0.500. The van der Waals surface area contributed by atoms with E-state index in [4.69, 9.17) is 19.9 Å². The molecule has 3 N–H and O–H groups in total. The van der Waals surface area contributed by atoms with Crippen LogP contribution in [0.4, 0.5) is 5.69 Å². The third-order valence-corrected chi connectivity index (χ3v) is 2.50. The van der Waals surface area contributed by atoms with Crippen LogP contribution in [0.15, 0.2) is 18.2 Å². The quantitative estimate of drug-likeness (QED) is 0.704. The van der Waals surface area contributed by atoms with E-state index in [-0.39, 0.29) is 18.4 Å². The number of anilines is 1. The maximum atomic E-state index is 11.7. The van der Waals surface area contributed by atoms with Crippen LogP contribution in [0.5, 0.6) is 11.5 Å². The molecule has 0 aliphatic heterocycles. The monoisotopic (exact) mass is 282 g/mol. The largest absolute Gasteiger partial charge is 0.493 e.